The summed E-state index contributed by atoms with van der Waals surface area (Å²) in [6.07, 6.45) is 8.07. The number of hydrogen-bond acceptors (Lipinski definition) is 6. The van der Waals surface area contributed by atoms with E-state index in [0.29, 0.717) is 0 Å². The number of nitrogens with one attached hydrogen (secondary N) is 1. The van der Waals surface area contributed by atoms with Gasteiger partial charge in [0.15, 0.2) is 0 Å². The van der Waals surface area contributed by atoms with Crippen LogP contribution in [0.3, 0.4) is 0 Å². The topological polar surface area (TPSA) is 84.1 Å². The molecule has 1 unspecified atom stereocenters. The zero-order valence-electron chi connectivity index (χ0n) is 12.6. The first-order chi connectivity index (χ1) is 10.8. The van der Waals surface area contributed by atoms with E-state index in [1.807, 2.05) is 11.3 Å². The van der Waals surface area contributed by atoms with Gasteiger partial charge in [0.25, 0.3) is 0 Å². The van der Waals surface area contributed by atoms with Crippen LogP contribution in [0.5, 0.6) is 0 Å². The minimum Gasteiger partial charge on any atom is -0.396 e. The van der Waals surface area contributed by atoms with E-state index in [2.05, 4.69) is 15.3 Å². The minimum absolute atomic E-state index is 0.182. The van der Waals surface area contributed by atoms with Crippen molar-refractivity contribution in [1.82, 2.24) is 9.97 Å². The van der Waals surface area contributed by atoms with Crippen LogP contribution >= 0.6 is 11.3 Å². The van der Waals surface area contributed by atoms with Crippen molar-refractivity contribution < 1.29 is 5.11 Å². The van der Waals surface area contributed by atoms with Gasteiger partial charge in [-0.05, 0) is 44.1 Å². The molecule has 2 heterocycles. The van der Waals surface area contributed by atoms with Gasteiger partial charge in [0.1, 0.15) is 17.0 Å². The van der Waals surface area contributed by atoms with E-state index in [4.69, 9.17) is 5.73 Å². The van der Waals surface area contributed by atoms with Gasteiger partial charge >= 0.3 is 0 Å². The molecule has 0 amide bonds. The predicted molar refractivity (Wildman–Crippen MR) is 89.3 cm³/mol. The molecule has 3 atom stereocenters. The fraction of sp³-hybridized carbons (Fsp3) is 0.625. The molecular formula is C16H22N4OS. The third-order valence-electron chi connectivity index (χ3n) is 5.08. The summed E-state index contributed by atoms with van der Waals surface area (Å²) in [6.45, 7) is 0.182. The molecule has 0 aromatic carbocycles. The first-order valence-corrected chi connectivity index (χ1v) is 8.96. The lowest BCUT2D eigenvalue weighted by Gasteiger charge is -2.34. The third kappa shape index (κ3) is 2.39. The van der Waals surface area contributed by atoms with E-state index < -0.39 is 0 Å². The standard InChI is InChI=1S/C16H22N4OS/c17-10-4-5-12(9(6-10)7-21)20-15-14-11-2-1-3-13(11)22-16(14)19-8-18-15/h8-10,12,21H,1-7,17H2,(H,18,19,20)/t9-,10-,12?/m1/s1. The number of hydrogen-bond donors (Lipinski definition) is 3. The summed E-state index contributed by atoms with van der Waals surface area (Å²) in [7, 11) is 0. The van der Waals surface area contributed by atoms with Crippen LogP contribution in [-0.4, -0.2) is 33.8 Å². The number of nitrogens with zero attached hydrogens (tertiary/aromatic N) is 2. The molecule has 6 heteroatoms. The molecule has 0 spiro atoms. The normalized spacial score (nSPS) is 28.0. The highest BCUT2D eigenvalue weighted by molar-refractivity contribution is 7.19. The molecule has 5 nitrogen and oxygen atoms in total. The number of aliphatic hydroxyl groups is 1. The van der Waals surface area contributed by atoms with E-state index >= 15 is 0 Å². The minimum atomic E-state index is 0.182. The maximum Gasteiger partial charge on any atom is 0.138 e. The van der Waals surface area contributed by atoms with E-state index in [1.165, 1.54) is 28.7 Å². The molecule has 4 rings (SSSR count). The Morgan fingerprint density at radius 1 is 1.32 bits per heavy atom. The van der Waals surface area contributed by atoms with Crippen molar-refractivity contribution in [1.29, 1.82) is 0 Å². The fourth-order valence-electron chi connectivity index (χ4n) is 3.91. The quantitative estimate of drug-likeness (QED) is 0.807. The summed E-state index contributed by atoms with van der Waals surface area (Å²) in [5.74, 6) is 1.16. The zero-order chi connectivity index (χ0) is 15.1. The van der Waals surface area contributed by atoms with Crippen molar-refractivity contribution in [3.63, 3.8) is 0 Å². The molecule has 22 heavy (non-hydrogen) atoms. The van der Waals surface area contributed by atoms with E-state index in [9.17, 15) is 5.11 Å². The average Bonchev–Trinajstić information content (AvgIpc) is 3.09. The summed E-state index contributed by atoms with van der Waals surface area (Å²) in [5, 5.41) is 14.5. The van der Waals surface area contributed by atoms with Gasteiger partial charge < -0.3 is 16.2 Å². The van der Waals surface area contributed by atoms with Crippen molar-refractivity contribution in [2.75, 3.05) is 11.9 Å². The Morgan fingerprint density at radius 3 is 3.09 bits per heavy atom. The summed E-state index contributed by atoms with van der Waals surface area (Å²) >= 11 is 1.81. The molecule has 2 aliphatic carbocycles. The van der Waals surface area contributed by atoms with Crippen molar-refractivity contribution in [2.24, 2.45) is 11.7 Å². The van der Waals surface area contributed by atoms with Gasteiger partial charge in [-0.2, -0.15) is 0 Å². The third-order valence-corrected chi connectivity index (χ3v) is 6.28. The molecular weight excluding hydrogens is 296 g/mol. The average molecular weight is 318 g/mol. The highest BCUT2D eigenvalue weighted by atomic mass is 32.1. The highest BCUT2D eigenvalue weighted by Gasteiger charge is 2.30. The van der Waals surface area contributed by atoms with Crippen LogP contribution in [0.4, 0.5) is 5.82 Å². The lowest BCUT2D eigenvalue weighted by atomic mass is 9.82. The van der Waals surface area contributed by atoms with Crippen LogP contribution < -0.4 is 11.1 Å². The maximum absolute atomic E-state index is 9.66. The van der Waals surface area contributed by atoms with Crippen molar-refractivity contribution >= 4 is 27.4 Å². The molecule has 4 N–H and O–H groups in total. The lowest BCUT2D eigenvalue weighted by Crippen LogP contribution is -2.42. The van der Waals surface area contributed by atoms with E-state index in [-0.39, 0.29) is 24.6 Å². The van der Waals surface area contributed by atoms with E-state index in [1.54, 1.807) is 6.33 Å². The SMILES string of the molecule is N[C@@H]1CCC(Nc2ncnc3sc4c(c23)CCC4)[C@@H](CO)C1. The number of thiophene rings is 1. The summed E-state index contributed by atoms with van der Waals surface area (Å²) < 4.78 is 0. The number of nitrogens with two attached hydrogens (primary N) is 1. The van der Waals surface area contributed by atoms with Crippen LogP contribution in [0.2, 0.25) is 0 Å². The maximum atomic E-state index is 9.66. The Hall–Kier alpha value is -1.24. The highest BCUT2D eigenvalue weighted by Crippen LogP contribution is 2.39. The van der Waals surface area contributed by atoms with Crippen LogP contribution in [0.15, 0.2) is 6.33 Å². The van der Waals surface area contributed by atoms with Gasteiger partial charge in [-0.1, -0.05) is 0 Å². The summed E-state index contributed by atoms with van der Waals surface area (Å²) in [6, 6.07) is 0.464. The number of fused-ring (bicyclic) bond motifs is 3. The Kier molecular flexibility index (Phi) is 3.76. The number of aryl methyl sites for hydroxylation is 2. The second kappa shape index (κ2) is 5.76. The molecule has 1 saturated carbocycles. The molecule has 1 fully saturated rings. The van der Waals surface area contributed by atoms with Crippen LogP contribution in [0.1, 0.15) is 36.1 Å². The molecule has 0 radical (unpaired) electrons. The Labute approximate surface area is 134 Å². The van der Waals surface area contributed by atoms with Gasteiger partial charge in [-0.3, -0.25) is 0 Å². The second-order valence-electron chi connectivity index (χ2n) is 6.53. The predicted octanol–water partition coefficient (Wildman–Crippen LogP) is 2.08. The Bertz CT molecular complexity index is 686. The van der Waals surface area contributed by atoms with Gasteiger partial charge in [0.2, 0.25) is 0 Å². The molecule has 118 valence electrons. The Balaban J connectivity index is 1.66. The molecule has 0 bridgehead atoms. The van der Waals surface area contributed by atoms with E-state index in [0.717, 1.165) is 36.3 Å². The van der Waals surface area contributed by atoms with Gasteiger partial charge in [0.05, 0.1) is 5.39 Å². The molecule has 0 saturated heterocycles. The van der Waals surface area contributed by atoms with Gasteiger partial charge in [-0.15, -0.1) is 11.3 Å². The summed E-state index contributed by atoms with van der Waals surface area (Å²) in [4.78, 5) is 11.5. The zero-order valence-corrected chi connectivity index (χ0v) is 13.4. The molecule has 2 aliphatic rings. The van der Waals surface area contributed by atoms with Gasteiger partial charge in [-0.25, -0.2) is 9.97 Å². The Morgan fingerprint density at radius 2 is 2.23 bits per heavy atom. The number of anilines is 1. The monoisotopic (exact) mass is 318 g/mol. The van der Waals surface area contributed by atoms with Crippen LogP contribution in [0, 0.1) is 5.92 Å². The number of aromatic nitrogens is 2. The van der Waals surface area contributed by atoms with Crippen LogP contribution in [0.25, 0.3) is 10.2 Å². The lowest BCUT2D eigenvalue weighted by molar-refractivity contribution is 0.168. The smallest absolute Gasteiger partial charge is 0.138 e. The molecule has 0 aliphatic heterocycles. The second-order valence-corrected chi connectivity index (χ2v) is 7.61. The summed E-state index contributed by atoms with van der Waals surface area (Å²) in [5.41, 5.74) is 7.48. The van der Waals surface area contributed by atoms with Crippen molar-refractivity contribution in [3.05, 3.63) is 16.8 Å². The fourth-order valence-corrected chi connectivity index (χ4v) is 5.13. The first-order valence-electron chi connectivity index (χ1n) is 8.14. The largest absolute Gasteiger partial charge is 0.396 e. The molecule has 2 aromatic rings. The van der Waals surface area contributed by atoms with Crippen molar-refractivity contribution in [2.45, 2.75) is 50.6 Å². The van der Waals surface area contributed by atoms with Crippen molar-refractivity contribution in [3.8, 4) is 0 Å². The first kappa shape index (κ1) is 14.4. The number of rotatable bonds is 3. The number of aliphatic hydroxyl groups excluding tert-OH is 1. The molecule has 2 aromatic heterocycles. The van der Waals surface area contributed by atoms with Crippen LogP contribution in [-0.2, 0) is 12.8 Å². The van der Waals surface area contributed by atoms with Gasteiger partial charge in [0, 0.05) is 29.5 Å².